The summed E-state index contributed by atoms with van der Waals surface area (Å²) >= 11 is 0. The lowest BCUT2D eigenvalue weighted by Gasteiger charge is -2.41. The lowest BCUT2D eigenvalue weighted by molar-refractivity contribution is -0.127. The van der Waals surface area contributed by atoms with Gasteiger partial charge in [0.1, 0.15) is 0 Å². The maximum absolute atomic E-state index is 12.3. The van der Waals surface area contributed by atoms with Crippen molar-refractivity contribution < 1.29 is 14.3 Å². The average Bonchev–Trinajstić information content (AvgIpc) is 2.79. The van der Waals surface area contributed by atoms with Crippen LogP contribution in [0.1, 0.15) is 37.7 Å². The van der Waals surface area contributed by atoms with Crippen LogP contribution in [-0.4, -0.2) is 38.1 Å². The Balaban J connectivity index is 2.06. The third kappa shape index (κ3) is 2.08. The smallest absolute Gasteiger partial charge is 0.223 e. The van der Waals surface area contributed by atoms with E-state index in [0.717, 1.165) is 24.3 Å². The van der Waals surface area contributed by atoms with Gasteiger partial charge >= 0.3 is 0 Å². The SMILES string of the molecule is COc1ccc([C@@]23CCCC[C@H]2N(C)C(=O)C3)cc1OC. The van der Waals surface area contributed by atoms with E-state index >= 15 is 0 Å². The van der Waals surface area contributed by atoms with E-state index in [1.54, 1.807) is 14.2 Å². The highest BCUT2D eigenvalue weighted by Gasteiger charge is 2.52. The molecule has 1 saturated heterocycles. The molecule has 0 radical (unpaired) electrons. The Kier molecular flexibility index (Phi) is 3.56. The van der Waals surface area contributed by atoms with E-state index in [0.29, 0.717) is 12.5 Å². The van der Waals surface area contributed by atoms with Crippen LogP contribution < -0.4 is 9.47 Å². The molecule has 4 nitrogen and oxygen atoms in total. The summed E-state index contributed by atoms with van der Waals surface area (Å²) < 4.78 is 10.8. The predicted molar refractivity (Wildman–Crippen MR) is 80.9 cm³/mol. The molecule has 1 aliphatic heterocycles. The molecule has 1 aliphatic carbocycles. The normalized spacial score (nSPS) is 28.4. The molecule has 4 heteroatoms. The molecule has 114 valence electrons. The molecule has 0 N–H and O–H groups in total. The Hall–Kier alpha value is -1.71. The summed E-state index contributed by atoms with van der Waals surface area (Å²) in [6.07, 6.45) is 5.17. The van der Waals surface area contributed by atoms with Gasteiger partial charge in [-0.1, -0.05) is 18.9 Å². The van der Waals surface area contributed by atoms with E-state index in [2.05, 4.69) is 12.1 Å². The van der Waals surface area contributed by atoms with Gasteiger partial charge < -0.3 is 14.4 Å². The van der Waals surface area contributed by atoms with Gasteiger partial charge in [-0.3, -0.25) is 4.79 Å². The fourth-order valence-corrected chi connectivity index (χ4v) is 4.14. The standard InChI is InChI=1S/C17H23NO3/c1-18-15-6-4-5-9-17(15,11-16(18)19)12-7-8-13(20-2)14(10-12)21-3/h7-8,10,15H,4-6,9,11H2,1-3H3/t15-,17+/m1/s1. The number of amides is 1. The largest absolute Gasteiger partial charge is 0.493 e. The Morgan fingerprint density at radius 1 is 1.19 bits per heavy atom. The van der Waals surface area contributed by atoms with Gasteiger partial charge in [0.15, 0.2) is 11.5 Å². The quantitative estimate of drug-likeness (QED) is 0.859. The van der Waals surface area contributed by atoms with Gasteiger partial charge in [-0.15, -0.1) is 0 Å². The van der Waals surface area contributed by atoms with Crippen LogP contribution in [0.15, 0.2) is 18.2 Å². The number of ether oxygens (including phenoxy) is 2. The van der Waals surface area contributed by atoms with Crippen molar-refractivity contribution in [2.75, 3.05) is 21.3 Å². The molecular formula is C17H23NO3. The molecule has 1 aromatic rings. The highest BCUT2D eigenvalue weighted by atomic mass is 16.5. The van der Waals surface area contributed by atoms with E-state index in [1.165, 1.54) is 18.4 Å². The molecule has 0 spiro atoms. The zero-order chi connectivity index (χ0) is 15.0. The van der Waals surface area contributed by atoms with Crippen molar-refractivity contribution in [3.63, 3.8) is 0 Å². The van der Waals surface area contributed by atoms with Crippen molar-refractivity contribution in [2.45, 2.75) is 43.6 Å². The zero-order valence-corrected chi connectivity index (χ0v) is 13.0. The second kappa shape index (κ2) is 5.24. The molecule has 1 saturated carbocycles. The lowest BCUT2D eigenvalue weighted by Crippen LogP contribution is -2.43. The maximum Gasteiger partial charge on any atom is 0.223 e. The number of methoxy groups -OCH3 is 2. The van der Waals surface area contributed by atoms with Crippen molar-refractivity contribution in [1.82, 2.24) is 4.90 Å². The Bertz CT molecular complexity index is 557. The molecule has 2 atom stereocenters. The van der Waals surface area contributed by atoms with Crippen LogP contribution in [0.2, 0.25) is 0 Å². The fourth-order valence-electron chi connectivity index (χ4n) is 4.14. The summed E-state index contributed by atoms with van der Waals surface area (Å²) in [5.41, 5.74) is 1.16. The minimum Gasteiger partial charge on any atom is -0.493 e. The van der Waals surface area contributed by atoms with Crippen molar-refractivity contribution in [1.29, 1.82) is 0 Å². The van der Waals surface area contributed by atoms with Crippen LogP contribution in [0.25, 0.3) is 0 Å². The first kappa shape index (κ1) is 14.2. The summed E-state index contributed by atoms with van der Waals surface area (Å²) in [7, 11) is 5.25. The summed E-state index contributed by atoms with van der Waals surface area (Å²) in [5.74, 6) is 1.75. The molecule has 2 fully saturated rings. The number of likely N-dealkylation sites (N-methyl/N-ethyl adjacent to an activating group) is 1. The summed E-state index contributed by atoms with van der Waals surface area (Å²) in [5, 5.41) is 0. The molecule has 1 aromatic carbocycles. The maximum atomic E-state index is 12.3. The molecular weight excluding hydrogens is 266 g/mol. The number of fused-ring (bicyclic) bond motifs is 1. The fraction of sp³-hybridized carbons (Fsp3) is 0.588. The first-order valence-corrected chi connectivity index (χ1v) is 7.60. The summed E-state index contributed by atoms with van der Waals surface area (Å²) in [6, 6.07) is 6.43. The first-order valence-electron chi connectivity index (χ1n) is 7.60. The third-order valence-electron chi connectivity index (χ3n) is 5.27. The summed E-state index contributed by atoms with van der Waals surface area (Å²) in [4.78, 5) is 14.2. The van der Waals surface area contributed by atoms with Crippen molar-refractivity contribution in [2.24, 2.45) is 0 Å². The lowest BCUT2D eigenvalue weighted by atomic mass is 9.66. The van der Waals surface area contributed by atoms with E-state index < -0.39 is 0 Å². The predicted octanol–water partition coefficient (Wildman–Crippen LogP) is 2.75. The van der Waals surface area contributed by atoms with E-state index in [9.17, 15) is 4.79 Å². The number of nitrogens with zero attached hydrogens (tertiary/aromatic N) is 1. The van der Waals surface area contributed by atoms with E-state index in [1.807, 2.05) is 18.0 Å². The number of carbonyl (C=O) groups is 1. The van der Waals surface area contributed by atoms with Crippen LogP contribution >= 0.6 is 0 Å². The number of rotatable bonds is 3. The minimum atomic E-state index is -0.0519. The highest BCUT2D eigenvalue weighted by molar-refractivity contribution is 5.81. The van der Waals surface area contributed by atoms with Crippen molar-refractivity contribution >= 4 is 5.91 Å². The number of benzene rings is 1. The average molecular weight is 289 g/mol. The van der Waals surface area contributed by atoms with Gasteiger partial charge in [0.25, 0.3) is 0 Å². The van der Waals surface area contributed by atoms with Crippen LogP contribution in [0, 0.1) is 0 Å². The van der Waals surface area contributed by atoms with Gasteiger partial charge in [-0.2, -0.15) is 0 Å². The monoisotopic (exact) mass is 289 g/mol. The van der Waals surface area contributed by atoms with Gasteiger partial charge in [-0.05, 0) is 30.5 Å². The number of hydrogen-bond acceptors (Lipinski definition) is 3. The molecule has 0 aromatic heterocycles. The van der Waals surface area contributed by atoms with Crippen LogP contribution in [-0.2, 0) is 10.2 Å². The van der Waals surface area contributed by atoms with Crippen molar-refractivity contribution in [3.8, 4) is 11.5 Å². The number of likely N-dealkylation sites (tertiary alicyclic amines) is 1. The van der Waals surface area contributed by atoms with E-state index in [4.69, 9.17) is 9.47 Å². The van der Waals surface area contributed by atoms with Gasteiger partial charge in [0.2, 0.25) is 5.91 Å². The van der Waals surface area contributed by atoms with Crippen LogP contribution in [0.5, 0.6) is 11.5 Å². The minimum absolute atomic E-state index is 0.0519. The van der Waals surface area contributed by atoms with Gasteiger partial charge in [0, 0.05) is 24.9 Å². The molecule has 3 rings (SSSR count). The van der Waals surface area contributed by atoms with Crippen LogP contribution in [0.3, 0.4) is 0 Å². The van der Waals surface area contributed by atoms with Gasteiger partial charge in [-0.25, -0.2) is 0 Å². The second-order valence-electron chi connectivity index (χ2n) is 6.17. The Morgan fingerprint density at radius 3 is 2.67 bits per heavy atom. The highest BCUT2D eigenvalue weighted by Crippen LogP contribution is 2.50. The second-order valence-corrected chi connectivity index (χ2v) is 6.17. The van der Waals surface area contributed by atoms with Crippen LogP contribution in [0.4, 0.5) is 0 Å². The number of carbonyl (C=O) groups excluding carboxylic acids is 1. The third-order valence-corrected chi connectivity index (χ3v) is 5.27. The summed E-state index contributed by atoms with van der Waals surface area (Å²) in [6.45, 7) is 0. The van der Waals surface area contributed by atoms with Crippen molar-refractivity contribution in [3.05, 3.63) is 23.8 Å². The van der Waals surface area contributed by atoms with E-state index in [-0.39, 0.29) is 11.3 Å². The molecule has 21 heavy (non-hydrogen) atoms. The Labute approximate surface area is 126 Å². The van der Waals surface area contributed by atoms with Gasteiger partial charge in [0.05, 0.1) is 14.2 Å². The molecule has 0 unspecified atom stereocenters. The molecule has 1 heterocycles. The first-order chi connectivity index (χ1) is 10.1. The molecule has 2 aliphatic rings. The Morgan fingerprint density at radius 2 is 1.95 bits per heavy atom. The molecule has 1 amide bonds. The number of hydrogen-bond donors (Lipinski definition) is 0. The zero-order valence-electron chi connectivity index (χ0n) is 13.0. The molecule has 0 bridgehead atoms. The topological polar surface area (TPSA) is 38.8 Å².